The first-order valence-corrected chi connectivity index (χ1v) is 11.3. The third-order valence-corrected chi connectivity index (χ3v) is 5.98. The van der Waals surface area contributed by atoms with Crippen LogP contribution in [-0.2, 0) is 52.2 Å². The van der Waals surface area contributed by atoms with Gasteiger partial charge in [0.05, 0.1) is 12.7 Å². The molecule has 4 aliphatic heterocycles. The topological polar surface area (TPSA) is 117 Å². The van der Waals surface area contributed by atoms with Gasteiger partial charge in [-0.05, 0) is 34.6 Å². The quantitative estimate of drug-likeness (QED) is 0.538. The summed E-state index contributed by atoms with van der Waals surface area (Å²) < 4.78 is 53.2. The molecule has 0 aromatic carbocycles. The molecule has 0 N–H and O–H groups in total. The van der Waals surface area contributed by atoms with Gasteiger partial charge in [-0.2, -0.15) is 0 Å². The van der Waals surface area contributed by atoms with Crippen LogP contribution in [-0.4, -0.2) is 85.4 Å². The molecule has 0 amide bonds. The van der Waals surface area contributed by atoms with Gasteiger partial charge in [-0.1, -0.05) is 0 Å². The molecule has 0 aromatic rings. The van der Waals surface area contributed by atoms with Crippen molar-refractivity contribution in [2.45, 2.75) is 115 Å². The first kappa shape index (κ1) is 24.8. The van der Waals surface area contributed by atoms with E-state index in [9.17, 15) is 9.59 Å². The minimum absolute atomic E-state index is 0.0173. The minimum Gasteiger partial charge on any atom is -0.458 e. The fourth-order valence-corrected chi connectivity index (χ4v) is 4.95. The summed E-state index contributed by atoms with van der Waals surface area (Å²) in [5, 5.41) is 0. The van der Waals surface area contributed by atoms with Crippen molar-refractivity contribution in [2.24, 2.45) is 0 Å². The summed E-state index contributed by atoms with van der Waals surface area (Å²) >= 11 is 0. The van der Waals surface area contributed by atoms with Crippen LogP contribution in [0, 0.1) is 0 Å². The molecular formula is C22H34O11. The molecule has 11 heteroatoms. The van der Waals surface area contributed by atoms with E-state index in [1.807, 2.05) is 13.8 Å². The molecule has 33 heavy (non-hydrogen) atoms. The third kappa shape index (κ3) is 5.19. The van der Waals surface area contributed by atoms with Crippen LogP contribution in [0.3, 0.4) is 0 Å². The van der Waals surface area contributed by atoms with Crippen LogP contribution in [0.25, 0.3) is 0 Å². The fraction of sp³-hybridized carbons (Fsp3) is 0.909. The number of fused-ring (bicyclic) bond motifs is 3. The fourth-order valence-electron chi connectivity index (χ4n) is 4.95. The van der Waals surface area contributed by atoms with Crippen molar-refractivity contribution in [1.82, 2.24) is 0 Å². The molecule has 8 atom stereocenters. The number of hydrogen-bond acceptors (Lipinski definition) is 11. The summed E-state index contributed by atoms with van der Waals surface area (Å²) in [5.41, 5.74) is 0. The lowest BCUT2D eigenvalue weighted by molar-refractivity contribution is -0.327. The standard InChI is InChI=1S/C22H34O11/c1-11-17(29-13(3)24)14(28-12(2)23)8-16(27-11)25-10-22-19(32-21(6,7)33-22)18-15(9-26-22)30-20(4,5)31-18/h11,14-19H,8-10H2,1-7H3/t11-,14-,15+,16-,17+,18+,19-,22+/m0/s1. The molecule has 0 aromatic heterocycles. The maximum absolute atomic E-state index is 11.6. The van der Waals surface area contributed by atoms with E-state index >= 15 is 0 Å². The van der Waals surface area contributed by atoms with Crippen LogP contribution in [0.15, 0.2) is 0 Å². The van der Waals surface area contributed by atoms with Gasteiger partial charge < -0.3 is 42.6 Å². The van der Waals surface area contributed by atoms with Gasteiger partial charge in [0.2, 0.25) is 5.79 Å². The molecule has 11 nitrogen and oxygen atoms in total. The Hall–Kier alpha value is -1.34. The predicted molar refractivity (Wildman–Crippen MR) is 109 cm³/mol. The zero-order valence-electron chi connectivity index (χ0n) is 20.2. The van der Waals surface area contributed by atoms with E-state index in [1.165, 1.54) is 13.8 Å². The van der Waals surface area contributed by atoms with E-state index < -0.39 is 66.1 Å². The van der Waals surface area contributed by atoms with Crippen LogP contribution < -0.4 is 0 Å². The van der Waals surface area contributed by atoms with E-state index in [1.54, 1.807) is 20.8 Å². The zero-order valence-corrected chi connectivity index (χ0v) is 20.2. The van der Waals surface area contributed by atoms with Gasteiger partial charge in [-0.3, -0.25) is 9.59 Å². The lowest BCUT2D eigenvalue weighted by atomic mass is 9.97. The Kier molecular flexibility index (Phi) is 6.54. The highest BCUT2D eigenvalue weighted by molar-refractivity contribution is 5.67. The van der Waals surface area contributed by atoms with Crippen LogP contribution >= 0.6 is 0 Å². The highest BCUT2D eigenvalue weighted by Crippen LogP contribution is 2.47. The Morgan fingerprint density at radius 2 is 1.67 bits per heavy atom. The number of carbonyl (C=O) groups is 2. The Morgan fingerprint density at radius 1 is 0.970 bits per heavy atom. The van der Waals surface area contributed by atoms with Gasteiger partial charge in [-0.15, -0.1) is 0 Å². The van der Waals surface area contributed by atoms with Crippen molar-refractivity contribution in [3.63, 3.8) is 0 Å². The van der Waals surface area contributed by atoms with E-state index in [4.69, 9.17) is 42.6 Å². The zero-order chi connectivity index (χ0) is 24.2. The molecular weight excluding hydrogens is 440 g/mol. The molecule has 0 saturated carbocycles. The molecule has 0 aliphatic carbocycles. The summed E-state index contributed by atoms with van der Waals surface area (Å²) in [6, 6.07) is 0. The molecule has 4 fully saturated rings. The third-order valence-electron chi connectivity index (χ3n) is 5.98. The van der Waals surface area contributed by atoms with Gasteiger partial charge in [0.25, 0.3) is 0 Å². The van der Waals surface area contributed by atoms with E-state index in [2.05, 4.69) is 0 Å². The molecule has 4 heterocycles. The number of hydrogen-bond donors (Lipinski definition) is 0. The van der Waals surface area contributed by atoms with Crippen LogP contribution in [0.1, 0.15) is 54.9 Å². The molecule has 188 valence electrons. The lowest BCUT2D eigenvalue weighted by Gasteiger charge is -2.43. The maximum atomic E-state index is 11.6. The second-order valence-electron chi connectivity index (χ2n) is 9.84. The first-order valence-electron chi connectivity index (χ1n) is 11.3. The molecule has 4 saturated heterocycles. The van der Waals surface area contributed by atoms with Crippen LogP contribution in [0.4, 0.5) is 0 Å². The second-order valence-corrected chi connectivity index (χ2v) is 9.84. The highest BCUT2D eigenvalue weighted by atomic mass is 16.9. The molecule has 0 radical (unpaired) electrons. The van der Waals surface area contributed by atoms with Crippen molar-refractivity contribution >= 4 is 11.9 Å². The van der Waals surface area contributed by atoms with Crippen molar-refractivity contribution in [1.29, 1.82) is 0 Å². The normalized spacial score (nSPS) is 43.4. The number of ether oxygens (including phenoxy) is 9. The number of rotatable bonds is 5. The Morgan fingerprint density at radius 3 is 2.33 bits per heavy atom. The SMILES string of the molecule is CC(=O)O[C@@H]1[C@H](C)O[C@H](OC[C@]23OC[C@H]4OC(C)(C)O[C@H]4[C@@H]2OC(C)(C)O3)C[C@@H]1OC(C)=O. The Bertz CT molecular complexity index is 767. The van der Waals surface area contributed by atoms with E-state index in [-0.39, 0.29) is 25.7 Å². The summed E-state index contributed by atoms with van der Waals surface area (Å²) in [7, 11) is 0. The number of esters is 2. The molecule has 0 unspecified atom stereocenters. The largest absolute Gasteiger partial charge is 0.458 e. The van der Waals surface area contributed by atoms with Crippen molar-refractivity contribution in [2.75, 3.05) is 13.2 Å². The monoisotopic (exact) mass is 474 g/mol. The summed E-state index contributed by atoms with van der Waals surface area (Å²) in [6.45, 7) is 11.8. The predicted octanol–water partition coefficient (Wildman–Crippen LogP) is 1.40. The number of carbonyl (C=O) groups excluding carboxylic acids is 2. The summed E-state index contributed by atoms with van der Waals surface area (Å²) in [5.74, 6) is -3.90. The van der Waals surface area contributed by atoms with E-state index in [0.29, 0.717) is 0 Å². The Balaban J connectivity index is 1.47. The van der Waals surface area contributed by atoms with Gasteiger partial charge in [0, 0.05) is 20.3 Å². The van der Waals surface area contributed by atoms with Crippen molar-refractivity contribution < 1.29 is 52.2 Å². The van der Waals surface area contributed by atoms with Gasteiger partial charge in [0.15, 0.2) is 24.0 Å². The highest BCUT2D eigenvalue weighted by Gasteiger charge is 2.65. The smallest absolute Gasteiger partial charge is 0.303 e. The summed E-state index contributed by atoms with van der Waals surface area (Å²) in [4.78, 5) is 23.1. The average molecular weight is 475 g/mol. The molecule has 4 rings (SSSR count). The second kappa shape index (κ2) is 8.71. The van der Waals surface area contributed by atoms with Gasteiger partial charge in [-0.25, -0.2) is 0 Å². The minimum atomic E-state index is -1.23. The molecule has 0 bridgehead atoms. The molecule has 4 aliphatic rings. The van der Waals surface area contributed by atoms with Crippen LogP contribution in [0.5, 0.6) is 0 Å². The first-order chi connectivity index (χ1) is 15.3. The van der Waals surface area contributed by atoms with E-state index in [0.717, 1.165) is 0 Å². The van der Waals surface area contributed by atoms with Gasteiger partial charge >= 0.3 is 11.9 Å². The lowest BCUT2D eigenvalue weighted by Crippen LogP contribution is -2.61. The van der Waals surface area contributed by atoms with Gasteiger partial charge in [0.1, 0.15) is 31.0 Å². The van der Waals surface area contributed by atoms with Crippen molar-refractivity contribution in [3.05, 3.63) is 0 Å². The maximum Gasteiger partial charge on any atom is 0.303 e. The molecule has 0 spiro atoms. The van der Waals surface area contributed by atoms with Crippen LogP contribution in [0.2, 0.25) is 0 Å². The average Bonchev–Trinajstić information content (AvgIpc) is 3.13. The van der Waals surface area contributed by atoms with Crippen molar-refractivity contribution in [3.8, 4) is 0 Å². The Labute approximate surface area is 193 Å². The summed E-state index contributed by atoms with van der Waals surface area (Å²) in [6.07, 6.45) is -3.87.